The SMILES string of the molecule is Cc1cccc(-c2nn(C(C)C)cc2-c2ccnc(-c3nc4c([nH]3)CN(C3CN(C)CCN3C(=O)N3CCN(C)CC3N3Cc5nc(-c6cc(-c7cn(C(C)C)nc7-c7cccc(C)n7)ccn6)[nH]c5C3)C4)c2)n1. The van der Waals surface area contributed by atoms with Crippen LogP contribution < -0.4 is 0 Å². The van der Waals surface area contributed by atoms with E-state index in [1.165, 1.54) is 0 Å². The summed E-state index contributed by atoms with van der Waals surface area (Å²) in [5.41, 5.74) is 14.9. The molecule has 0 saturated carbocycles. The summed E-state index contributed by atoms with van der Waals surface area (Å²) in [4.78, 5) is 65.6. The number of carbonyl (C=O) groups is 1. The van der Waals surface area contributed by atoms with Crippen molar-refractivity contribution in [3.63, 3.8) is 0 Å². The van der Waals surface area contributed by atoms with E-state index < -0.39 is 0 Å². The number of H-pyrrole nitrogens is 2. The van der Waals surface area contributed by atoms with E-state index in [1.54, 1.807) is 0 Å². The number of amides is 2. The van der Waals surface area contributed by atoms with E-state index in [2.05, 4.69) is 106 Å². The lowest BCUT2D eigenvalue weighted by Crippen LogP contribution is -2.67. The molecule has 2 fully saturated rings. The first-order valence-corrected chi connectivity index (χ1v) is 25.9. The number of rotatable bonds is 10. The van der Waals surface area contributed by atoms with Crippen molar-refractivity contribution < 1.29 is 4.79 Å². The highest BCUT2D eigenvalue weighted by atomic mass is 16.2. The maximum atomic E-state index is 15.1. The van der Waals surface area contributed by atoms with E-state index in [9.17, 15) is 0 Å². The summed E-state index contributed by atoms with van der Waals surface area (Å²) < 4.78 is 3.99. The van der Waals surface area contributed by atoms with Gasteiger partial charge in [0.2, 0.25) is 0 Å². The van der Waals surface area contributed by atoms with Crippen LogP contribution >= 0.6 is 0 Å². The van der Waals surface area contributed by atoms with Crippen LogP contribution in [0.2, 0.25) is 0 Å². The Morgan fingerprint density at radius 1 is 0.568 bits per heavy atom. The number of fused-ring (bicyclic) bond motifs is 2. The Morgan fingerprint density at radius 3 is 1.42 bits per heavy atom. The second kappa shape index (κ2) is 19.1. The Bertz CT molecular complexity index is 3120. The number of nitrogens with zero attached hydrogens (tertiary/aromatic N) is 16. The molecule has 8 aromatic heterocycles. The van der Waals surface area contributed by atoms with E-state index in [4.69, 9.17) is 40.1 Å². The average molecular weight is 993 g/mol. The Morgan fingerprint density at radius 2 is 1.01 bits per heavy atom. The summed E-state index contributed by atoms with van der Waals surface area (Å²) in [7, 11) is 4.30. The molecule has 8 aromatic rings. The van der Waals surface area contributed by atoms with Crippen molar-refractivity contribution in [2.24, 2.45) is 0 Å². The van der Waals surface area contributed by atoms with Gasteiger partial charge in [0.15, 0.2) is 11.6 Å². The number of aromatic nitrogens is 12. The van der Waals surface area contributed by atoms with E-state index in [1.807, 2.05) is 84.1 Å². The van der Waals surface area contributed by atoms with Gasteiger partial charge in [0.1, 0.15) is 35.1 Å². The summed E-state index contributed by atoms with van der Waals surface area (Å²) in [6.07, 6.45) is 7.64. The van der Waals surface area contributed by atoms with Crippen LogP contribution in [0.1, 0.15) is 73.9 Å². The molecule has 380 valence electrons. The van der Waals surface area contributed by atoms with Gasteiger partial charge in [-0.05, 0) is 115 Å². The molecule has 2 unspecified atom stereocenters. The van der Waals surface area contributed by atoms with Crippen molar-refractivity contribution >= 4 is 6.03 Å². The molecule has 19 nitrogen and oxygen atoms in total. The molecule has 12 heterocycles. The van der Waals surface area contributed by atoms with Crippen molar-refractivity contribution in [3.8, 4) is 68.1 Å². The summed E-state index contributed by atoms with van der Waals surface area (Å²) in [6.45, 7) is 19.5. The number of carbonyl (C=O) groups excluding carboxylic acids is 1. The van der Waals surface area contributed by atoms with Crippen molar-refractivity contribution in [2.75, 3.05) is 53.4 Å². The fourth-order valence-corrected chi connectivity index (χ4v) is 10.9. The molecule has 2 atom stereocenters. The van der Waals surface area contributed by atoms with Crippen LogP contribution in [0.3, 0.4) is 0 Å². The van der Waals surface area contributed by atoms with Crippen LogP contribution in [0, 0.1) is 13.8 Å². The molecule has 74 heavy (non-hydrogen) atoms. The third-order valence-electron chi connectivity index (χ3n) is 15.0. The molecule has 0 radical (unpaired) electrons. The number of piperazine rings is 2. The van der Waals surface area contributed by atoms with Gasteiger partial charge >= 0.3 is 6.03 Å². The third-order valence-corrected chi connectivity index (χ3v) is 15.0. The summed E-state index contributed by atoms with van der Waals surface area (Å²) in [5.74, 6) is 1.47. The number of hydrogen-bond acceptors (Lipinski definition) is 13. The molecular formula is C55H64N18O. The highest BCUT2D eigenvalue weighted by Crippen LogP contribution is 2.37. The van der Waals surface area contributed by atoms with E-state index >= 15 is 4.79 Å². The molecule has 0 spiro atoms. The number of nitrogens with one attached hydrogen (secondary N) is 2. The van der Waals surface area contributed by atoms with Crippen molar-refractivity contribution in [1.29, 1.82) is 0 Å². The van der Waals surface area contributed by atoms with Gasteiger partial charge in [-0.2, -0.15) is 10.2 Å². The molecule has 4 aliphatic rings. The largest absolute Gasteiger partial charge is 0.339 e. The van der Waals surface area contributed by atoms with Crippen molar-refractivity contribution in [1.82, 2.24) is 88.8 Å². The molecule has 2 N–H and O–H groups in total. The molecule has 2 amide bonds. The quantitative estimate of drug-likeness (QED) is 0.138. The van der Waals surface area contributed by atoms with Crippen LogP contribution in [0.5, 0.6) is 0 Å². The second-order valence-corrected chi connectivity index (χ2v) is 21.1. The molecule has 4 aliphatic heterocycles. The van der Waals surface area contributed by atoms with E-state index in [-0.39, 0.29) is 30.4 Å². The normalized spacial score (nSPS) is 18.8. The third kappa shape index (κ3) is 8.96. The molecule has 0 aliphatic carbocycles. The lowest BCUT2D eigenvalue weighted by atomic mass is 10.0. The Balaban J connectivity index is 0.746. The minimum atomic E-state index is -0.122. The monoisotopic (exact) mass is 993 g/mol. The zero-order valence-electron chi connectivity index (χ0n) is 43.5. The van der Waals surface area contributed by atoms with Gasteiger partial charge in [-0.3, -0.25) is 39.1 Å². The summed E-state index contributed by atoms with van der Waals surface area (Å²) >= 11 is 0. The standard InChI is InChI=1S/C55H64N18O/c1-33(2)72-25-39(51(64-72)41-13-9-11-35(5)58-41)37-15-17-56-43(23-37)53-60-45-27-68(28-46(45)61-53)49-31-66(7)19-21-70(49)55(74)71-22-20-67(8)32-50(71)69-29-47-48(30-69)63-54(62-47)44-24-38(16-18-57-44)40-26-73(34(3)4)65-52(40)42-14-10-12-36(6)59-42/h9-18,23-26,33-34,49-50H,19-22,27-32H2,1-8H3,(H,60,61)(H,62,63). The van der Waals surface area contributed by atoms with Gasteiger partial charge < -0.3 is 29.6 Å². The first kappa shape index (κ1) is 47.5. The number of pyridine rings is 4. The van der Waals surface area contributed by atoms with E-state index in [0.29, 0.717) is 39.3 Å². The molecule has 0 bridgehead atoms. The molecule has 0 aromatic carbocycles. The maximum Gasteiger partial charge on any atom is 0.322 e. The van der Waals surface area contributed by atoms with Gasteiger partial charge in [0.05, 0.1) is 34.2 Å². The highest BCUT2D eigenvalue weighted by Gasteiger charge is 2.44. The predicted octanol–water partition coefficient (Wildman–Crippen LogP) is 7.48. The van der Waals surface area contributed by atoms with Crippen molar-refractivity contribution in [3.05, 3.63) is 120 Å². The van der Waals surface area contributed by atoms with Gasteiger partial charge in [-0.1, -0.05) is 12.1 Å². The second-order valence-electron chi connectivity index (χ2n) is 21.1. The maximum absolute atomic E-state index is 15.1. The number of hydrogen-bond donors (Lipinski definition) is 2. The Hall–Kier alpha value is -7.45. The molecule has 19 heteroatoms. The minimum absolute atomic E-state index is 0.0821. The van der Waals surface area contributed by atoms with Gasteiger partial charge in [0, 0.05) is 125 Å². The topological polar surface area (TPSA) is 181 Å². The fraction of sp³-hybridized carbons (Fsp3) is 0.400. The fourth-order valence-electron chi connectivity index (χ4n) is 10.9. The van der Waals surface area contributed by atoms with Crippen LogP contribution in [0.15, 0.2) is 85.5 Å². The number of aryl methyl sites for hydroxylation is 2. The minimum Gasteiger partial charge on any atom is -0.339 e. The first-order valence-electron chi connectivity index (χ1n) is 25.9. The number of likely N-dealkylation sites (N-methyl/N-ethyl adjacent to an activating group) is 2. The van der Waals surface area contributed by atoms with Crippen LogP contribution in [0.4, 0.5) is 4.79 Å². The zero-order chi connectivity index (χ0) is 50.9. The Labute approximate surface area is 431 Å². The van der Waals surface area contributed by atoms with Crippen LogP contribution in [-0.2, 0) is 26.2 Å². The molecular weight excluding hydrogens is 929 g/mol. The van der Waals surface area contributed by atoms with Gasteiger partial charge in [0.25, 0.3) is 0 Å². The van der Waals surface area contributed by atoms with Gasteiger partial charge in [-0.15, -0.1) is 0 Å². The number of urea groups is 1. The molecule has 12 rings (SSSR count). The summed E-state index contributed by atoms with van der Waals surface area (Å²) in [6, 6.07) is 20.8. The van der Waals surface area contributed by atoms with Crippen LogP contribution in [0.25, 0.3) is 68.1 Å². The average Bonchev–Trinajstić information content (AvgIpc) is 4.26. The number of aromatic amines is 2. The zero-order valence-corrected chi connectivity index (χ0v) is 43.5. The van der Waals surface area contributed by atoms with Crippen molar-refractivity contribution in [2.45, 2.75) is 92.1 Å². The number of imidazole rings is 2. The lowest BCUT2D eigenvalue weighted by molar-refractivity contribution is -0.0377. The van der Waals surface area contributed by atoms with Crippen LogP contribution in [-0.4, -0.2) is 161 Å². The van der Waals surface area contributed by atoms with E-state index in [0.717, 1.165) is 128 Å². The smallest absolute Gasteiger partial charge is 0.322 e. The Kier molecular flexibility index (Phi) is 12.3. The summed E-state index contributed by atoms with van der Waals surface area (Å²) in [5, 5.41) is 9.95. The lowest BCUT2D eigenvalue weighted by Gasteiger charge is -2.50. The van der Waals surface area contributed by atoms with Gasteiger partial charge in [-0.25, -0.2) is 14.8 Å². The molecule has 2 saturated heterocycles. The first-order chi connectivity index (χ1) is 35.8. The predicted molar refractivity (Wildman–Crippen MR) is 283 cm³/mol. The highest BCUT2D eigenvalue weighted by molar-refractivity contribution is 5.82.